The molecule has 146 valence electrons. The van der Waals surface area contributed by atoms with Gasteiger partial charge in [0.15, 0.2) is 5.95 Å². The fourth-order valence-electron chi connectivity index (χ4n) is 3.55. The number of hydrogen-bond acceptors (Lipinski definition) is 6. The first-order valence-corrected chi connectivity index (χ1v) is 9.39. The summed E-state index contributed by atoms with van der Waals surface area (Å²) in [6, 6.07) is 9.63. The molecule has 3 aromatic rings. The molecule has 1 aliphatic rings. The van der Waals surface area contributed by atoms with Crippen LogP contribution in [-0.4, -0.2) is 70.9 Å². The fraction of sp³-hybridized carbons (Fsp3) is 0.350. The number of anilines is 2. The number of hydrogen-bond donors (Lipinski definition) is 2. The van der Waals surface area contributed by atoms with Crippen LogP contribution >= 0.6 is 0 Å². The lowest BCUT2D eigenvalue weighted by atomic mass is 10.1. The second kappa shape index (κ2) is 7.47. The lowest BCUT2D eigenvalue weighted by Gasteiger charge is -2.35. The zero-order valence-electron chi connectivity index (χ0n) is 16.2. The number of carbonyl (C=O) groups excluding carboxylic acids is 1. The Morgan fingerprint density at radius 1 is 1.18 bits per heavy atom. The number of benzene rings is 1. The Bertz CT molecular complexity index is 972. The summed E-state index contributed by atoms with van der Waals surface area (Å²) in [5.74, 6) is 1.35. The van der Waals surface area contributed by atoms with E-state index in [1.165, 1.54) is 5.56 Å². The second-order valence-electron chi connectivity index (χ2n) is 7.40. The summed E-state index contributed by atoms with van der Waals surface area (Å²) < 4.78 is 0. The molecule has 0 unspecified atom stereocenters. The first kappa shape index (κ1) is 18.2. The SMILES string of the molecule is CN(C)Cc1ccc(N2CCN(C(=O)c3ccc4nc(N)[nH]c4c3)CC2)nc1. The highest BCUT2D eigenvalue weighted by atomic mass is 16.2. The number of piperazine rings is 1. The molecule has 8 nitrogen and oxygen atoms in total. The van der Waals surface area contributed by atoms with Gasteiger partial charge >= 0.3 is 0 Å². The molecule has 0 saturated carbocycles. The minimum Gasteiger partial charge on any atom is -0.369 e. The number of amides is 1. The number of H-pyrrole nitrogens is 1. The molecule has 0 bridgehead atoms. The van der Waals surface area contributed by atoms with Gasteiger partial charge in [0.2, 0.25) is 0 Å². The Labute approximate surface area is 164 Å². The van der Waals surface area contributed by atoms with Crippen molar-refractivity contribution in [1.82, 2.24) is 24.8 Å². The van der Waals surface area contributed by atoms with E-state index in [1.807, 2.05) is 43.4 Å². The summed E-state index contributed by atoms with van der Waals surface area (Å²) in [6.45, 7) is 3.75. The van der Waals surface area contributed by atoms with E-state index in [0.717, 1.165) is 36.5 Å². The number of rotatable bonds is 4. The van der Waals surface area contributed by atoms with Gasteiger partial charge in [0, 0.05) is 44.5 Å². The number of nitrogens with one attached hydrogen (secondary N) is 1. The molecule has 0 radical (unpaired) electrons. The molecule has 3 heterocycles. The van der Waals surface area contributed by atoms with E-state index in [-0.39, 0.29) is 5.91 Å². The van der Waals surface area contributed by atoms with Crippen molar-refractivity contribution in [2.45, 2.75) is 6.54 Å². The summed E-state index contributed by atoms with van der Waals surface area (Å²) in [5.41, 5.74) is 9.08. The van der Waals surface area contributed by atoms with Gasteiger partial charge in [-0.05, 0) is 43.9 Å². The third-order valence-corrected chi connectivity index (χ3v) is 4.95. The zero-order valence-corrected chi connectivity index (χ0v) is 16.2. The van der Waals surface area contributed by atoms with Gasteiger partial charge in [-0.3, -0.25) is 4.79 Å². The maximum Gasteiger partial charge on any atom is 0.254 e. The van der Waals surface area contributed by atoms with Gasteiger partial charge in [-0.15, -0.1) is 0 Å². The molecule has 2 aromatic heterocycles. The van der Waals surface area contributed by atoms with Crippen molar-refractivity contribution >= 4 is 28.7 Å². The number of nitrogen functional groups attached to an aromatic ring is 1. The fourth-order valence-corrected chi connectivity index (χ4v) is 3.55. The van der Waals surface area contributed by atoms with Crippen molar-refractivity contribution < 1.29 is 4.79 Å². The summed E-state index contributed by atoms with van der Waals surface area (Å²) in [5, 5.41) is 0. The summed E-state index contributed by atoms with van der Waals surface area (Å²) in [6.07, 6.45) is 1.93. The standard InChI is InChI=1S/C20H25N7O/c1-25(2)13-14-3-6-18(22-12-14)26-7-9-27(10-8-26)19(28)15-4-5-16-17(11-15)24-20(21)23-16/h3-6,11-12H,7-10,13H2,1-2H3,(H3,21,23,24). The van der Waals surface area contributed by atoms with Crippen molar-refractivity contribution in [2.75, 3.05) is 50.9 Å². The van der Waals surface area contributed by atoms with Gasteiger partial charge in [-0.25, -0.2) is 9.97 Å². The van der Waals surface area contributed by atoms with E-state index in [1.54, 1.807) is 0 Å². The van der Waals surface area contributed by atoms with Gasteiger partial charge in [0.05, 0.1) is 11.0 Å². The highest BCUT2D eigenvalue weighted by Crippen LogP contribution is 2.19. The number of aromatic nitrogens is 3. The number of fused-ring (bicyclic) bond motifs is 1. The van der Waals surface area contributed by atoms with Gasteiger partial charge < -0.3 is 25.4 Å². The summed E-state index contributed by atoms with van der Waals surface area (Å²) >= 11 is 0. The number of nitrogens with zero attached hydrogens (tertiary/aromatic N) is 5. The predicted molar refractivity (Wildman–Crippen MR) is 110 cm³/mol. The normalized spacial score (nSPS) is 14.8. The molecule has 1 aliphatic heterocycles. The predicted octanol–water partition coefficient (Wildman–Crippen LogP) is 1.56. The Kier molecular flexibility index (Phi) is 4.87. The maximum atomic E-state index is 12.9. The summed E-state index contributed by atoms with van der Waals surface area (Å²) in [4.78, 5) is 30.8. The Hall–Kier alpha value is -3.13. The van der Waals surface area contributed by atoms with Crippen LogP contribution in [0, 0.1) is 0 Å². The molecule has 3 N–H and O–H groups in total. The van der Waals surface area contributed by atoms with Crippen LogP contribution in [0.4, 0.5) is 11.8 Å². The molecule has 28 heavy (non-hydrogen) atoms. The highest BCUT2D eigenvalue weighted by Gasteiger charge is 2.23. The van der Waals surface area contributed by atoms with Crippen molar-refractivity contribution in [2.24, 2.45) is 0 Å². The molecule has 8 heteroatoms. The minimum atomic E-state index is 0.0315. The zero-order chi connectivity index (χ0) is 19.7. The monoisotopic (exact) mass is 379 g/mol. The van der Waals surface area contributed by atoms with E-state index in [2.05, 4.69) is 36.9 Å². The van der Waals surface area contributed by atoms with Crippen LogP contribution in [0.1, 0.15) is 15.9 Å². The molecule has 4 rings (SSSR count). The van der Waals surface area contributed by atoms with Crippen LogP contribution < -0.4 is 10.6 Å². The topological polar surface area (TPSA) is 94.4 Å². The van der Waals surface area contributed by atoms with Crippen molar-refractivity contribution in [1.29, 1.82) is 0 Å². The van der Waals surface area contributed by atoms with Crippen LogP contribution in [0.5, 0.6) is 0 Å². The van der Waals surface area contributed by atoms with E-state index in [4.69, 9.17) is 5.73 Å². The number of aromatic amines is 1. The number of imidazole rings is 1. The minimum absolute atomic E-state index is 0.0315. The van der Waals surface area contributed by atoms with Gasteiger partial charge in [-0.1, -0.05) is 6.07 Å². The average molecular weight is 379 g/mol. The van der Waals surface area contributed by atoms with Crippen LogP contribution in [0.2, 0.25) is 0 Å². The smallest absolute Gasteiger partial charge is 0.254 e. The lowest BCUT2D eigenvalue weighted by Crippen LogP contribution is -2.49. The molecule has 1 amide bonds. The molecule has 0 atom stereocenters. The van der Waals surface area contributed by atoms with Gasteiger partial charge in [0.25, 0.3) is 5.91 Å². The van der Waals surface area contributed by atoms with E-state index < -0.39 is 0 Å². The van der Waals surface area contributed by atoms with Crippen molar-refractivity contribution in [3.63, 3.8) is 0 Å². The number of carbonyl (C=O) groups is 1. The number of nitrogens with two attached hydrogens (primary N) is 1. The van der Waals surface area contributed by atoms with E-state index >= 15 is 0 Å². The molecule has 1 saturated heterocycles. The molecule has 0 spiro atoms. The van der Waals surface area contributed by atoms with Crippen molar-refractivity contribution in [3.05, 3.63) is 47.7 Å². The van der Waals surface area contributed by atoms with Gasteiger partial charge in [0.1, 0.15) is 5.82 Å². The van der Waals surface area contributed by atoms with E-state index in [0.29, 0.717) is 24.6 Å². The molecule has 1 aromatic carbocycles. The molecular weight excluding hydrogens is 354 g/mol. The first-order chi connectivity index (χ1) is 13.5. The Morgan fingerprint density at radius 3 is 2.64 bits per heavy atom. The Balaban J connectivity index is 1.39. The second-order valence-corrected chi connectivity index (χ2v) is 7.40. The number of pyridine rings is 1. The molecule has 1 fully saturated rings. The van der Waals surface area contributed by atoms with Crippen molar-refractivity contribution in [3.8, 4) is 0 Å². The quantitative estimate of drug-likeness (QED) is 0.715. The maximum absolute atomic E-state index is 12.9. The van der Waals surface area contributed by atoms with Crippen LogP contribution in [-0.2, 0) is 6.54 Å². The Morgan fingerprint density at radius 2 is 1.96 bits per heavy atom. The van der Waals surface area contributed by atoms with Crippen LogP contribution in [0.25, 0.3) is 11.0 Å². The van der Waals surface area contributed by atoms with Gasteiger partial charge in [-0.2, -0.15) is 0 Å². The average Bonchev–Trinajstić information content (AvgIpc) is 3.07. The third-order valence-electron chi connectivity index (χ3n) is 4.95. The summed E-state index contributed by atoms with van der Waals surface area (Å²) in [7, 11) is 4.09. The lowest BCUT2D eigenvalue weighted by molar-refractivity contribution is 0.0746. The highest BCUT2D eigenvalue weighted by molar-refractivity contribution is 5.97. The molecule has 0 aliphatic carbocycles. The first-order valence-electron chi connectivity index (χ1n) is 9.39. The third kappa shape index (κ3) is 3.77. The van der Waals surface area contributed by atoms with Crippen LogP contribution in [0.15, 0.2) is 36.5 Å². The largest absolute Gasteiger partial charge is 0.369 e. The van der Waals surface area contributed by atoms with Crippen LogP contribution in [0.3, 0.4) is 0 Å². The molecular formula is C20H25N7O. The van der Waals surface area contributed by atoms with E-state index in [9.17, 15) is 4.79 Å².